The van der Waals surface area contributed by atoms with Crippen molar-refractivity contribution in [3.05, 3.63) is 29.8 Å². The van der Waals surface area contributed by atoms with Gasteiger partial charge in [0, 0.05) is 26.3 Å². The van der Waals surface area contributed by atoms with Crippen LogP contribution in [0.25, 0.3) is 6.08 Å². The van der Waals surface area contributed by atoms with Crippen molar-refractivity contribution in [1.82, 2.24) is 4.90 Å². The number of unbranched alkanes of at least 4 members (excludes halogenated alkanes) is 1. The van der Waals surface area contributed by atoms with Crippen LogP contribution in [0.1, 0.15) is 39.2 Å². The Bertz CT molecular complexity index is 569. The first-order chi connectivity index (χ1) is 12.5. The van der Waals surface area contributed by atoms with E-state index < -0.39 is 0 Å². The molecule has 0 fully saturated rings. The Kier molecular flexibility index (Phi) is 10.5. The molecule has 0 radical (unpaired) electrons. The Morgan fingerprint density at radius 3 is 2.58 bits per heavy atom. The fraction of sp³-hybridized carbons (Fsp3) is 0.571. The molecule has 1 aromatic carbocycles. The highest BCUT2D eigenvalue weighted by Gasteiger charge is 2.12. The molecule has 1 rings (SSSR count). The predicted octanol–water partition coefficient (Wildman–Crippen LogP) is 4.02. The molecule has 0 aliphatic heterocycles. The number of hydrogen-bond acceptors (Lipinski definition) is 4. The number of rotatable bonds is 12. The topological polar surface area (TPSA) is 48.0 Å². The molecule has 0 bridgehead atoms. The standard InChI is InChI=1S/C21H33NO4/c1-6-7-13-26-19-10-8-18(15-20(19)25-5)9-11-21(23)22(12-14-24-4)16-17(2)3/h8-11,15,17H,6-7,12-14,16H2,1-5H3/b11-9+. The first kappa shape index (κ1) is 22.0. The van der Waals surface area contributed by atoms with E-state index in [9.17, 15) is 4.79 Å². The first-order valence-corrected chi connectivity index (χ1v) is 9.28. The molecule has 146 valence electrons. The minimum absolute atomic E-state index is 0.0158. The van der Waals surface area contributed by atoms with E-state index in [1.165, 1.54) is 0 Å². The van der Waals surface area contributed by atoms with Crippen LogP contribution in [-0.4, -0.2) is 51.3 Å². The van der Waals surface area contributed by atoms with Crippen LogP contribution in [-0.2, 0) is 9.53 Å². The van der Waals surface area contributed by atoms with Crippen LogP contribution >= 0.6 is 0 Å². The lowest BCUT2D eigenvalue weighted by atomic mass is 10.1. The third-order valence-corrected chi connectivity index (χ3v) is 3.82. The van der Waals surface area contributed by atoms with Crippen molar-refractivity contribution in [3.8, 4) is 11.5 Å². The molecule has 0 atom stereocenters. The summed E-state index contributed by atoms with van der Waals surface area (Å²) in [6.07, 6.45) is 5.50. The van der Waals surface area contributed by atoms with Crippen molar-refractivity contribution in [3.63, 3.8) is 0 Å². The summed E-state index contributed by atoms with van der Waals surface area (Å²) in [5, 5.41) is 0. The second kappa shape index (κ2) is 12.4. The summed E-state index contributed by atoms with van der Waals surface area (Å²) in [6, 6.07) is 5.69. The van der Waals surface area contributed by atoms with Gasteiger partial charge in [-0.15, -0.1) is 0 Å². The quantitative estimate of drug-likeness (QED) is 0.416. The van der Waals surface area contributed by atoms with Gasteiger partial charge < -0.3 is 19.1 Å². The van der Waals surface area contributed by atoms with Crippen molar-refractivity contribution >= 4 is 12.0 Å². The maximum Gasteiger partial charge on any atom is 0.246 e. The van der Waals surface area contributed by atoms with Gasteiger partial charge in [0.05, 0.1) is 20.3 Å². The first-order valence-electron chi connectivity index (χ1n) is 9.28. The minimum atomic E-state index is -0.0158. The van der Waals surface area contributed by atoms with E-state index >= 15 is 0 Å². The number of nitrogens with zero attached hydrogens (tertiary/aromatic N) is 1. The van der Waals surface area contributed by atoms with Gasteiger partial charge in [-0.2, -0.15) is 0 Å². The largest absolute Gasteiger partial charge is 0.493 e. The highest BCUT2D eigenvalue weighted by atomic mass is 16.5. The zero-order valence-electron chi connectivity index (χ0n) is 16.8. The zero-order valence-corrected chi connectivity index (χ0v) is 16.8. The molecule has 0 aliphatic carbocycles. The zero-order chi connectivity index (χ0) is 19.4. The van der Waals surface area contributed by atoms with Gasteiger partial charge in [0.2, 0.25) is 5.91 Å². The average molecular weight is 363 g/mol. The summed E-state index contributed by atoms with van der Waals surface area (Å²) in [6.45, 7) is 8.82. The van der Waals surface area contributed by atoms with Crippen molar-refractivity contribution in [2.45, 2.75) is 33.6 Å². The summed E-state index contributed by atoms with van der Waals surface area (Å²) in [7, 11) is 3.26. The molecule has 1 aromatic rings. The lowest BCUT2D eigenvalue weighted by Crippen LogP contribution is -2.35. The molecule has 0 spiro atoms. The van der Waals surface area contributed by atoms with E-state index in [0.717, 1.165) is 24.2 Å². The Labute approximate surface area is 157 Å². The Balaban J connectivity index is 2.79. The van der Waals surface area contributed by atoms with E-state index in [1.54, 1.807) is 26.4 Å². The number of hydrogen-bond donors (Lipinski definition) is 0. The van der Waals surface area contributed by atoms with Crippen molar-refractivity contribution < 1.29 is 19.0 Å². The third kappa shape index (κ3) is 7.91. The van der Waals surface area contributed by atoms with Gasteiger partial charge in [-0.3, -0.25) is 4.79 Å². The minimum Gasteiger partial charge on any atom is -0.493 e. The molecule has 0 aliphatic rings. The molecule has 0 unspecified atom stereocenters. The summed E-state index contributed by atoms with van der Waals surface area (Å²) < 4.78 is 16.2. The number of ether oxygens (including phenoxy) is 3. The number of amides is 1. The number of carbonyl (C=O) groups is 1. The maximum absolute atomic E-state index is 12.5. The Hall–Kier alpha value is -2.01. The number of methoxy groups -OCH3 is 2. The van der Waals surface area contributed by atoms with Gasteiger partial charge in [-0.1, -0.05) is 33.3 Å². The van der Waals surface area contributed by atoms with E-state index in [1.807, 2.05) is 23.1 Å². The summed E-state index contributed by atoms with van der Waals surface area (Å²) in [5.74, 6) is 1.79. The molecular formula is C21H33NO4. The van der Waals surface area contributed by atoms with Gasteiger partial charge in [0.25, 0.3) is 0 Å². The van der Waals surface area contributed by atoms with Crippen LogP contribution in [0.3, 0.4) is 0 Å². The SMILES string of the molecule is CCCCOc1ccc(/C=C/C(=O)N(CCOC)CC(C)C)cc1OC. The highest BCUT2D eigenvalue weighted by Crippen LogP contribution is 2.28. The molecule has 0 saturated heterocycles. The van der Waals surface area contributed by atoms with Gasteiger partial charge >= 0.3 is 0 Å². The van der Waals surface area contributed by atoms with Crippen LogP contribution in [0.2, 0.25) is 0 Å². The second-order valence-electron chi connectivity index (χ2n) is 6.62. The Morgan fingerprint density at radius 2 is 1.96 bits per heavy atom. The second-order valence-corrected chi connectivity index (χ2v) is 6.62. The fourth-order valence-electron chi connectivity index (χ4n) is 2.44. The van der Waals surface area contributed by atoms with E-state index in [2.05, 4.69) is 20.8 Å². The molecule has 5 nitrogen and oxygen atoms in total. The van der Waals surface area contributed by atoms with Gasteiger partial charge in [-0.05, 0) is 36.1 Å². The van der Waals surface area contributed by atoms with Crippen LogP contribution in [0.4, 0.5) is 0 Å². The lowest BCUT2D eigenvalue weighted by Gasteiger charge is -2.22. The molecule has 0 heterocycles. The van der Waals surface area contributed by atoms with Crippen molar-refractivity contribution in [2.75, 3.05) is 40.5 Å². The van der Waals surface area contributed by atoms with Crippen LogP contribution in [0.5, 0.6) is 11.5 Å². The maximum atomic E-state index is 12.5. The van der Waals surface area contributed by atoms with Crippen molar-refractivity contribution in [2.24, 2.45) is 5.92 Å². The fourth-order valence-corrected chi connectivity index (χ4v) is 2.44. The number of benzene rings is 1. The summed E-state index contributed by atoms with van der Waals surface area (Å²) in [4.78, 5) is 14.3. The van der Waals surface area contributed by atoms with Crippen LogP contribution in [0.15, 0.2) is 24.3 Å². The molecule has 0 N–H and O–H groups in total. The van der Waals surface area contributed by atoms with E-state index in [0.29, 0.717) is 38.0 Å². The van der Waals surface area contributed by atoms with Crippen molar-refractivity contribution in [1.29, 1.82) is 0 Å². The molecule has 5 heteroatoms. The monoisotopic (exact) mass is 363 g/mol. The summed E-state index contributed by atoms with van der Waals surface area (Å²) >= 11 is 0. The Morgan fingerprint density at radius 1 is 1.19 bits per heavy atom. The normalized spacial score (nSPS) is 11.2. The molecule has 26 heavy (non-hydrogen) atoms. The molecular weight excluding hydrogens is 330 g/mol. The van der Waals surface area contributed by atoms with Crippen LogP contribution in [0, 0.1) is 5.92 Å². The van der Waals surface area contributed by atoms with Crippen LogP contribution < -0.4 is 9.47 Å². The molecule has 0 aromatic heterocycles. The molecule has 1 amide bonds. The predicted molar refractivity (Wildman–Crippen MR) is 106 cm³/mol. The van der Waals surface area contributed by atoms with E-state index in [4.69, 9.17) is 14.2 Å². The van der Waals surface area contributed by atoms with Gasteiger partial charge in [0.1, 0.15) is 0 Å². The third-order valence-electron chi connectivity index (χ3n) is 3.82. The van der Waals surface area contributed by atoms with Gasteiger partial charge in [0.15, 0.2) is 11.5 Å². The molecule has 0 saturated carbocycles. The lowest BCUT2D eigenvalue weighted by molar-refractivity contribution is -0.127. The average Bonchev–Trinajstić information content (AvgIpc) is 2.63. The number of carbonyl (C=O) groups excluding carboxylic acids is 1. The smallest absolute Gasteiger partial charge is 0.246 e. The van der Waals surface area contributed by atoms with Gasteiger partial charge in [-0.25, -0.2) is 0 Å². The summed E-state index contributed by atoms with van der Waals surface area (Å²) in [5.41, 5.74) is 0.897. The van der Waals surface area contributed by atoms with E-state index in [-0.39, 0.29) is 5.91 Å². The highest BCUT2D eigenvalue weighted by molar-refractivity contribution is 5.91.